The summed E-state index contributed by atoms with van der Waals surface area (Å²) in [4.78, 5) is 27.2. The molecule has 24 heavy (non-hydrogen) atoms. The van der Waals surface area contributed by atoms with Crippen molar-refractivity contribution in [1.29, 1.82) is 0 Å². The van der Waals surface area contributed by atoms with Crippen molar-refractivity contribution in [3.63, 3.8) is 0 Å². The van der Waals surface area contributed by atoms with Crippen LogP contribution in [-0.2, 0) is 4.79 Å². The number of para-hydroxylation sites is 2. The number of anilines is 1. The van der Waals surface area contributed by atoms with Crippen LogP contribution in [0.5, 0.6) is 0 Å². The Kier molecular flexibility index (Phi) is 6.39. The maximum Gasteiger partial charge on any atom is 0.292 e. The Balaban J connectivity index is 0.00000208. The van der Waals surface area contributed by atoms with Gasteiger partial charge in [0.15, 0.2) is 0 Å². The number of piperidine rings is 1. The molecule has 2 heterocycles. The SMILES string of the molecule is Cl.O=C([C@@H]1CCCNC1)N1CCN(c2ccccc2[N+](=O)[O-])CC1. The minimum absolute atomic E-state index is 0. The first-order valence-electron chi connectivity index (χ1n) is 8.14. The average molecular weight is 355 g/mol. The number of hydrogen-bond acceptors (Lipinski definition) is 5. The first-order valence-corrected chi connectivity index (χ1v) is 8.14. The summed E-state index contributed by atoms with van der Waals surface area (Å²) in [6.45, 7) is 4.29. The van der Waals surface area contributed by atoms with Crippen LogP contribution in [0.1, 0.15) is 12.8 Å². The lowest BCUT2D eigenvalue weighted by atomic mass is 9.98. The highest BCUT2D eigenvalue weighted by molar-refractivity contribution is 5.85. The van der Waals surface area contributed by atoms with Crippen LogP contribution in [0, 0.1) is 16.0 Å². The standard InChI is InChI=1S/C16H22N4O3.ClH/c21-16(13-4-3-7-17-12-13)19-10-8-18(9-11-19)14-5-1-2-6-15(14)20(22)23;/h1-2,5-6,13,17H,3-4,7-12H2;1H/t13-;/m1./s1. The second-order valence-corrected chi connectivity index (χ2v) is 6.10. The molecule has 0 bridgehead atoms. The van der Waals surface area contributed by atoms with Gasteiger partial charge in [-0.3, -0.25) is 14.9 Å². The van der Waals surface area contributed by atoms with Crippen molar-refractivity contribution in [3.05, 3.63) is 34.4 Å². The van der Waals surface area contributed by atoms with Gasteiger partial charge in [0.1, 0.15) is 5.69 Å². The summed E-state index contributed by atoms with van der Waals surface area (Å²) < 4.78 is 0. The van der Waals surface area contributed by atoms with Crippen LogP contribution in [0.25, 0.3) is 0 Å². The zero-order chi connectivity index (χ0) is 16.2. The van der Waals surface area contributed by atoms with Crippen LogP contribution in [0.4, 0.5) is 11.4 Å². The number of hydrogen-bond donors (Lipinski definition) is 1. The van der Waals surface area contributed by atoms with Crippen molar-refractivity contribution in [2.75, 3.05) is 44.2 Å². The van der Waals surface area contributed by atoms with E-state index in [1.165, 1.54) is 6.07 Å². The van der Waals surface area contributed by atoms with E-state index in [1.807, 2.05) is 15.9 Å². The van der Waals surface area contributed by atoms with Gasteiger partial charge in [-0.25, -0.2) is 0 Å². The summed E-state index contributed by atoms with van der Waals surface area (Å²) in [7, 11) is 0. The highest BCUT2D eigenvalue weighted by Gasteiger charge is 2.29. The third-order valence-corrected chi connectivity index (χ3v) is 4.66. The third-order valence-electron chi connectivity index (χ3n) is 4.66. The molecule has 0 radical (unpaired) electrons. The topological polar surface area (TPSA) is 78.7 Å². The van der Waals surface area contributed by atoms with Crippen molar-refractivity contribution in [2.24, 2.45) is 5.92 Å². The summed E-state index contributed by atoms with van der Waals surface area (Å²) in [5.41, 5.74) is 0.771. The maximum absolute atomic E-state index is 12.5. The average Bonchev–Trinajstić information content (AvgIpc) is 2.62. The minimum atomic E-state index is -0.347. The number of benzene rings is 1. The van der Waals surface area contributed by atoms with E-state index in [9.17, 15) is 14.9 Å². The molecule has 2 aliphatic rings. The Labute approximate surface area is 147 Å². The van der Waals surface area contributed by atoms with E-state index in [0.717, 1.165) is 25.9 Å². The van der Waals surface area contributed by atoms with Gasteiger partial charge in [0, 0.05) is 38.8 Å². The molecular weight excluding hydrogens is 332 g/mol. The van der Waals surface area contributed by atoms with Crippen LogP contribution in [0.3, 0.4) is 0 Å². The van der Waals surface area contributed by atoms with Gasteiger partial charge in [0.25, 0.3) is 5.69 Å². The van der Waals surface area contributed by atoms with Crippen molar-refractivity contribution >= 4 is 29.7 Å². The molecule has 0 spiro atoms. The predicted octanol–water partition coefficient (Wildman–Crippen LogP) is 1.66. The number of nitro benzene ring substituents is 1. The van der Waals surface area contributed by atoms with Crippen LogP contribution < -0.4 is 10.2 Å². The van der Waals surface area contributed by atoms with E-state index in [4.69, 9.17) is 0 Å². The summed E-state index contributed by atoms with van der Waals surface area (Å²) in [6.07, 6.45) is 2.00. The van der Waals surface area contributed by atoms with Crippen LogP contribution in [0.2, 0.25) is 0 Å². The van der Waals surface area contributed by atoms with Gasteiger partial charge in [-0.05, 0) is 25.5 Å². The molecular formula is C16H23ClN4O3. The highest BCUT2D eigenvalue weighted by atomic mass is 35.5. The van der Waals surface area contributed by atoms with Gasteiger partial charge in [-0.2, -0.15) is 0 Å². The van der Waals surface area contributed by atoms with Crippen molar-refractivity contribution < 1.29 is 9.72 Å². The van der Waals surface area contributed by atoms with E-state index < -0.39 is 0 Å². The Bertz CT molecular complexity index is 584. The van der Waals surface area contributed by atoms with E-state index in [1.54, 1.807) is 12.1 Å². The Morgan fingerprint density at radius 3 is 2.54 bits per heavy atom. The second-order valence-electron chi connectivity index (χ2n) is 6.10. The number of carbonyl (C=O) groups excluding carboxylic acids is 1. The lowest BCUT2D eigenvalue weighted by Gasteiger charge is -2.38. The van der Waals surface area contributed by atoms with Gasteiger partial charge in [0.05, 0.1) is 10.8 Å². The van der Waals surface area contributed by atoms with Crippen LogP contribution >= 0.6 is 12.4 Å². The number of nitrogens with one attached hydrogen (secondary N) is 1. The molecule has 1 amide bonds. The fourth-order valence-corrected chi connectivity index (χ4v) is 3.37. The zero-order valence-corrected chi connectivity index (χ0v) is 14.3. The largest absolute Gasteiger partial charge is 0.362 e. The molecule has 3 rings (SSSR count). The van der Waals surface area contributed by atoms with E-state index in [2.05, 4.69) is 5.32 Å². The van der Waals surface area contributed by atoms with E-state index in [0.29, 0.717) is 31.9 Å². The number of piperazine rings is 1. The first kappa shape index (κ1) is 18.5. The molecule has 0 aliphatic carbocycles. The van der Waals surface area contributed by atoms with Gasteiger partial charge < -0.3 is 15.1 Å². The monoisotopic (exact) mass is 354 g/mol. The smallest absolute Gasteiger partial charge is 0.292 e. The number of rotatable bonds is 3. The third kappa shape index (κ3) is 3.96. The first-order chi connectivity index (χ1) is 11.2. The number of halogens is 1. The van der Waals surface area contributed by atoms with Crippen LogP contribution in [-0.4, -0.2) is 55.0 Å². The zero-order valence-electron chi connectivity index (χ0n) is 13.5. The van der Waals surface area contributed by atoms with Crippen molar-refractivity contribution in [2.45, 2.75) is 12.8 Å². The molecule has 1 aromatic carbocycles. The molecule has 2 aliphatic heterocycles. The Morgan fingerprint density at radius 2 is 1.92 bits per heavy atom. The lowest BCUT2D eigenvalue weighted by molar-refractivity contribution is -0.384. The Morgan fingerprint density at radius 1 is 1.21 bits per heavy atom. The van der Waals surface area contributed by atoms with Gasteiger partial charge >= 0.3 is 0 Å². The molecule has 2 saturated heterocycles. The van der Waals surface area contributed by atoms with Gasteiger partial charge in [0.2, 0.25) is 5.91 Å². The highest BCUT2D eigenvalue weighted by Crippen LogP contribution is 2.28. The summed E-state index contributed by atoms with van der Waals surface area (Å²) in [5.74, 6) is 0.306. The number of carbonyl (C=O) groups is 1. The summed E-state index contributed by atoms with van der Waals surface area (Å²) in [6, 6.07) is 6.80. The molecule has 2 fully saturated rings. The van der Waals surface area contributed by atoms with E-state index in [-0.39, 0.29) is 34.8 Å². The molecule has 0 saturated carbocycles. The van der Waals surface area contributed by atoms with E-state index >= 15 is 0 Å². The summed E-state index contributed by atoms with van der Waals surface area (Å²) >= 11 is 0. The molecule has 132 valence electrons. The second kappa shape index (κ2) is 8.30. The number of nitrogens with zero attached hydrogens (tertiary/aromatic N) is 3. The van der Waals surface area contributed by atoms with Crippen molar-refractivity contribution in [1.82, 2.24) is 10.2 Å². The maximum atomic E-state index is 12.5. The quantitative estimate of drug-likeness (QED) is 0.659. The normalized spacial score (nSPS) is 21.1. The molecule has 0 unspecified atom stereocenters. The molecule has 7 nitrogen and oxygen atoms in total. The Hall–Kier alpha value is -1.86. The number of amides is 1. The van der Waals surface area contributed by atoms with Gasteiger partial charge in [-0.1, -0.05) is 12.1 Å². The molecule has 0 aromatic heterocycles. The fourth-order valence-electron chi connectivity index (χ4n) is 3.37. The summed E-state index contributed by atoms with van der Waals surface area (Å²) in [5, 5.41) is 14.4. The molecule has 8 heteroatoms. The predicted molar refractivity (Wildman–Crippen MR) is 94.7 cm³/mol. The molecule has 1 atom stereocenters. The van der Waals surface area contributed by atoms with Crippen molar-refractivity contribution in [3.8, 4) is 0 Å². The minimum Gasteiger partial charge on any atom is -0.362 e. The fraction of sp³-hybridized carbons (Fsp3) is 0.562. The van der Waals surface area contributed by atoms with Gasteiger partial charge in [-0.15, -0.1) is 12.4 Å². The molecule has 1 N–H and O–H groups in total. The molecule has 1 aromatic rings. The number of nitro groups is 1. The lowest BCUT2D eigenvalue weighted by Crippen LogP contribution is -2.52. The van der Waals surface area contributed by atoms with Crippen LogP contribution in [0.15, 0.2) is 24.3 Å².